The van der Waals surface area contributed by atoms with E-state index in [1.165, 1.54) is 11.5 Å². The lowest BCUT2D eigenvalue weighted by Gasteiger charge is -2.00. The van der Waals surface area contributed by atoms with E-state index >= 15 is 0 Å². The van der Waals surface area contributed by atoms with Gasteiger partial charge in [0.1, 0.15) is 5.15 Å². The second kappa shape index (κ2) is 4.39. The molecular weight excluding hydrogens is 263 g/mol. The predicted octanol–water partition coefficient (Wildman–Crippen LogP) is 3.73. The lowest BCUT2D eigenvalue weighted by molar-refractivity contribution is 0.0942. The first-order valence-electron chi connectivity index (χ1n) is 4.78. The molecule has 1 N–H and O–H groups in total. The number of anilines is 1. The molecule has 2 rings (SSSR count). The van der Waals surface area contributed by atoms with Crippen LogP contribution in [0.1, 0.15) is 11.7 Å². The van der Waals surface area contributed by atoms with Crippen molar-refractivity contribution >= 4 is 51.1 Å². The number of rotatable bonds is 1. The summed E-state index contributed by atoms with van der Waals surface area (Å²) in [6.45, 7) is 1.39. The molecule has 1 aromatic heterocycles. The van der Waals surface area contributed by atoms with Gasteiger partial charge in [-0.2, -0.15) is 0 Å². The van der Waals surface area contributed by atoms with E-state index in [1.807, 2.05) is 0 Å². The van der Waals surface area contributed by atoms with Crippen LogP contribution in [0.5, 0.6) is 0 Å². The number of hydrogen-bond acceptors (Lipinski definition) is 2. The molecule has 0 saturated carbocycles. The number of benzene rings is 1. The van der Waals surface area contributed by atoms with E-state index in [9.17, 15) is 9.59 Å². The highest BCUT2D eigenvalue weighted by atomic mass is 35.5. The normalized spacial score (nSPS) is 10.5. The molecule has 1 heterocycles. The van der Waals surface area contributed by atoms with Crippen molar-refractivity contribution < 1.29 is 9.59 Å². The Kier molecular flexibility index (Phi) is 3.09. The van der Waals surface area contributed by atoms with Crippen LogP contribution in [-0.2, 0) is 0 Å². The summed E-state index contributed by atoms with van der Waals surface area (Å²) < 4.78 is 1.32. The van der Waals surface area contributed by atoms with Crippen LogP contribution in [0.4, 0.5) is 10.5 Å². The summed E-state index contributed by atoms with van der Waals surface area (Å²) in [5.74, 6) is -0.235. The van der Waals surface area contributed by atoms with Gasteiger partial charge in [0, 0.05) is 12.3 Å². The minimum atomic E-state index is -0.752. The van der Waals surface area contributed by atoms with Crippen molar-refractivity contribution in [3.63, 3.8) is 0 Å². The Bertz CT molecular complexity index is 619. The number of aromatic nitrogens is 1. The third-order valence-corrected chi connectivity index (χ3v) is 2.81. The van der Waals surface area contributed by atoms with Crippen molar-refractivity contribution in [1.82, 2.24) is 4.57 Å². The SMILES string of the molecule is CC(=O)n1c(Cl)c(NC(=O)Cl)c2ccccc21. The van der Waals surface area contributed by atoms with Crippen molar-refractivity contribution in [2.45, 2.75) is 6.92 Å². The predicted molar refractivity (Wildman–Crippen MR) is 68.1 cm³/mol. The largest absolute Gasteiger partial charge is 0.318 e. The number of para-hydroxylation sites is 1. The van der Waals surface area contributed by atoms with Crippen LogP contribution >= 0.6 is 23.2 Å². The number of fused-ring (bicyclic) bond motifs is 1. The molecule has 2 aromatic rings. The zero-order valence-electron chi connectivity index (χ0n) is 8.83. The molecule has 6 heteroatoms. The number of amides is 1. The molecule has 4 nitrogen and oxygen atoms in total. The van der Waals surface area contributed by atoms with Gasteiger partial charge in [-0.3, -0.25) is 14.2 Å². The van der Waals surface area contributed by atoms with E-state index in [1.54, 1.807) is 24.3 Å². The maximum atomic E-state index is 11.5. The highest BCUT2D eigenvalue weighted by molar-refractivity contribution is 6.66. The molecule has 1 aromatic carbocycles. The van der Waals surface area contributed by atoms with Gasteiger partial charge in [0.2, 0.25) is 5.91 Å². The molecule has 0 aliphatic carbocycles. The zero-order chi connectivity index (χ0) is 12.6. The molecule has 0 aliphatic rings. The van der Waals surface area contributed by atoms with Gasteiger partial charge in [0.05, 0.1) is 11.2 Å². The number of hydrogen-bond donors (Lipinski definition) is 1. The highest BCUT2D eigenvalue weighted by Gasteiger charge is 2.18. The molecule has 0 radical (unpaired) electrons. The van der Waals surface area contributed by atoms with Crippen molar-refractivity contribution in [3.05, 3.63) is 29.4 Å². The van der Waals surface area contributed by atoms with Gasteiger partial charge in [-0.15, -0.1) is 0 Å². The Balaban J connectivity index is 2.79. The first-order chi connectivity index (χ1) is 8.02. The highest BCUT2D eigenvalue weighted by Crippen LogP contribution is 2.34. The summed E-state index contributed by atoms with van der Waals surface area (Å²) in [5.41, 5.74) is 0.975. The summed E-state index contributed by atoms with van der Waals surface area (Å²) in [6.07, 6.45) is 0. The van der Waals surface area contributed by atoms with Gasteiger partial charge < -0.3 is 5.32 Å². The standard InChI is InChI=1S/C11H8Cl2N2O2/c1-6(16)15-8-5-3-2-4-7(8)9(10(15)12)14-11(13)17/h2-5H,1H3,(H,14,17). The second-order valence-electron chi connectivity index (χ2n) is 3.44. The molecule has 0 aliphatic heterocycles. The molecular formula is C11H8Cl2N2O2. The molecule has 17 heavy (non-hydrogen) atoms. The Morgan fingerprint density at radius 1 is 1.29 bits per heavy atom. The van der Waals surface area contributed by atoms with E-state index in [0.29, 0.717) is 16.6 Å². The van der Waals surface area contributed by atoms with Gasteiger partial charge in [-0.1, -0.05) is 29.8 Å². The van der Waals surface area contributed by atoms with E-state index in [-0.39, 0.29) is 11.1 Å². The van der Waals surface area contributed by atoms with E-state index in [2.05, 4.69) is 5.32 Å². The molecule has 0 saturated heterocycles. The number of nitrogens with zero attached hydrogens (tertiary/aromatic N) is 1. The van der Waals surface area contributed by atoms with Gasteiger partial charge in [-0.05, 0) is 17.7 Å². The average molecular weight is 271 g/mol. The lowest BCUT2D eigenvalue weighted by atomic mass is 10.2. The van der Waals surface area contributed by atoms with Gasteiger partial charge in [-0.25, -0.2) is 0 Å². The number of carbonyl (C=O) groups excluding carboxylic acids is 2. The molecule has 0 atom stereocenters. The van der Waals surface area contributed by atoms with Gasteiger partial charge in [0.25, 0.3) is 0 Å². The summed E-state index contributed by atoms with van der Waals surface area (Å²) in [7, 11) is 0. The van der Waals surface area contributed by atoms with Crippen molar-refractivity contribution in [2.75, 3.05) is 5.32 Å². The lowest BCUT2D eigenvalue weighted by Crippen LogP contribution is -2.06. The van der Waals surface area contributed by atoms with Crippen LogP contribution < -0.4 is 5.32 Å². The third kappa shape index (κ3) is 2.01. The van der Waals surface area contributed by atoms with E-state index < -0.39 is 5.37 Å². The average Bonchev–Trinajstić information content (AvgIpc) is 2.52. The molecule has 0 unspecified atom stereocenters. The van der Waals surface area contributed by atoms with Crippen molar-refractivity contribution in [3.8, 4) is 0 Å². The first kappa shape index (κ1) is 12.0. The van der Waals surface area contributed by atoms with Crippen LogP contribution in [0, 0.1) is 0 Å². The second-order valence-corrected chi connectivity index (χ2v) is 4.14. The molecule has 1 amide bonds. The number of carbonyl (C=O) groups is 2. The summed E-state index contributed by atoms with van der Waals surface area (Å²) in [4.78, 5) is 22.4. The summed E-state index contributed by atoms with van der Waals surface area (Å²) in [5, 5.41) is 2.48. The van der Waals surface area contributed by atoms with Crippen molar-refractivity contribution in [2.24, 2.45) is 0 Å². The third-order valence-electron chi connectivity index (χ3n) is 2.36. The summed E-state index contributed by atoms with van der Waals surface area (Å²) >= 11 is 11.3. The monoisotopic (exact) mass is 270 g/mol. The Morgan fingerprint density at radius 3 is 2.53 bits per heavy atom. The maximum absolute atomic E-state index is 11.5. The fourth-order valence-corrected chi connectivity index (χ4v) is 2.19. The zero-order valence-corrected chi connectivity index (χ0v) is 10.3. The Morgan fingerprint density at radius 2 is 1.94 bits per heavy atom. The Hall–Kier alpha value is -1.52. The number of nitrogens with one attached hydrogen (secondary N) is 1. The fraction of sp³-hybridized carbons (Fsp3) is 0.0909. The van der Waals surface area contributed by atoms with Crippen LogP contribution in [0.3, 0.4) is 0 Å². The first-order valence-corrected chi connectivity index (χ1v) is 5.54. The molecule has 0 fully saturated rings. The molecule has 88 valence electrons. The topological polar surface area (TPSA) is 51.1 Å². The fourth-order valence-electron chi connectivity index (χ4n) is 1.73. The van der Waals surface area contributed by atoms with E-state index in [0.717, 1.165) is 0 Å². The minimum Gasteiger partial charge on any atom is -0.309 e. The quantitative estimate of drug-likeness (QED) is 0.634. The van der Waals surface area contributed by atoms with Crippen molar-refractivity contribution in [1.29, 1.82) is 0 Å². The van der Waals surface area contributed by atoms with Crippen LogP contribution in [0.15, 0.2) is 24.3 Å². The minimum absolute atomic E-state index is 0.146. The maximum Gasteiger partial charge on any atom is 0.318 e. The van der Waals surface area contributed by atoms with Crippen LogP contribution in [0.2, 0.25) is 5.15 Å². The summed E-state index contributed by atoms with van der Waals surface area (Å²) in [6, 6.07) is 7.06. The number of halogens is 2. The van der Waals surface area contributed by atoms with Crippen LogP contribution in [-0.4, -0.2) is 15.8 Å². The van der Waals surface area contributed by atoms with Crippen LogP contribution in [0.25, 0.3) is 10.9 Å². The van der Waals surface area contributed by atoms with E-state index in [4.69, 9.17) is 23.2 Å². The molecule has 0 spiro atoms. The van der Waals surface area contributed by atoms with Gasteiger partial charge >= 0.3 is 5.37 Å². The Labute approximate surface area is 107 Å². The van der Waals surface area contributed by atoms with Gasteiger partial charge in [0.15, 0.2) is 0 Å². The smallest absolute Gasteiger partial charge is 0.309 e. The molecule has 0 bridgehead atoms.